The number of hydrogen-bond donors (Lipinski definition) is 1. The molecule has 4 aromatic rings. The average Bonchev–Trinajstić information content (AvgIpc) is 3.00. The van der Waals surface area contributed by atoms with Gasteiger partial charge in [0.15, 0.2) is 5.78 Å². The van der Waals surface area contributed by atoms with E-state index in [1.165, 1.54) is 0 Å². The molecule has 0 unspecified atom stereocenters. The van der Waals surface area contributed by atoms with Crippen molar-refractivity contribution in [2.75, 3.05) is 6.61 Å². The fourth-order valence-electron chi connectivity index (χ4n) is 3.32. The maximum absolute atomic E-state index is 11.3. The van der Waals surface area contributed by atoms with Gasteiger partial charge in [-0.25, -0.2) is 0 Å². The molecule has 0 bridgehead atoms. The second kappa shape index (κ2) is 7.13. The molecule has 0 aliphatic carbocycles. The molecule has 3 aromatic carbocycles. The molecule has 27 heavy (non-hydrogen) atoms. The number of fused-ring (bicyclic) bond motifs is 3. The standard InChI is InChI=1S/C22H19N3O2/c1-15(27)16-6-8-17(9-7-16)23-24-18-10-11-22-20(14-18)19-4-2-3-5-21(19)25(22)12-13-26/h2-11,14,26H,12-13H2,1H3. The summed E-state index contributed by atoms with van der Waals surface area (Å²) in [6.45, 7) is 2.18. The lowest BCUT2D eigenvalue weighted by atomic mass is 10.1. The molecule has 0 fully saturated rings. The summed E-state index contributed by atoms with van der Waals surface area (Å²) in [6, 6.07) is 21.2. The molecule has 0 aliphatic heterocycles. The third-order valence-electron chi connectivity index (χ3n) is 4.63. The lowest BCUT2D eigenvalue weighted by Gasteiger charge is -2.04. The Morgan fingerprint density at radius 1 is 0.889 bits per heavy atom. The van der Waals surface area contributed by atoms with Crippen LogP contribution < -0.4 is 0 Å². The number of azo groups is 1. The van der Waals surface area contributed by atoms with Gasteiger partial charge in [-0.2, -0.15) is 10.2 Å². The third kappa shape index (κ3) is 3.25. The summed E-state index contributed by atoms with van der Waals surface area (Å²) in [5.74, 6) is 0.0307. The molecule has 0 aliphatic rings. The highest BCUT2D eigenvalue weighted by Gasteiger charge is 2.10. The van der Waals surface area contributed by atoms with Crippen molar-refractivity contribution in [2.45, 2.75) is 13.5 Å². The number of benzene rings is 3. The minimum absolute atomic E-state index is 0.0307. The third-order valence-corrected chi connectivity index (χ3v) is 4.63. The topological polar surface area (TPSA) is 67.0 Å². The van der Waals surface area contributed by atoms with Gasteiger partial charge in [0.25, 0.3) is 0 Å². The van der Waals surface area contributed by atoms with E-state index in [4.69, 9.17) is 0 Å². The van der Waals surface area contributed by atoms with E-state index in [0.717, 1.165) is 27.5 Å². The van der Waals surface area contributed by atoms with Crippen molar-refractivity contribution < 1.29 is 9.90 Å². The van der Waals surface area contributed by atoms with Gasteiger partial charge >= 0.3 is 0 Å². The van der Waals surface area contributed by atoms with Gasteiger partial charge in [0.05, 0.1) is 18.0 Å². The lowest BCUT2D eigenvalue weighted by Crippen LogP contribution is -2.00. The molecule has 1 N–H and O–H groups in total. The Morgan fingerprint density at radius 2 is 1.56 bits per heavy atom. The number of Topliss-reactive ketones (excluding diaryl/α,β-unsaturated/α-hetero) is 1. The monoisotopic (exact) mass is 357 g/mol. The predicted octanol–water partition coefficient (Wildman–Crippen LogP) is 5.40. The molecule has 1 heterocycles. The Labute approximate surface area is 156 Å². The summed E-state index contributed by atoms with van der Waals surface area (Å²) < 4.78 is 2.12. The summed E-state index contributed by atoms with van der Waals surface area (Å²) in [5.41, 5.74) is 4.27. The van der Waals surface area contributed by atoms with Gasteiger partial charge in [-0.3, -0.25) is 4.79 Å². The fourth-order valence-corrected chi connectivity index (χ4v) is 3.32. The van der Waals surface area contributed by atoms with E-state index in [9.17, 15) is 9.90 Å². The van der Waals surface area contributed by atoms with Gasteiger partial charge in [0.1, 0.15) is 0 Å². The number of aliphatic hydroxyl groups excluding tert-OH is 1. The predicted molar refractivity (Wildman–Crippen MR) is 107 cm³/mol. The number of hydrogen-bond acceptors (Lipinski definition) is 4. The van der Waals surface area contributed by atoms with Crippen molar-refractivity contribution in [1.29, 1.82) is 0 Å². The lowest BCUT2D eigenvalue weighted by molar-refractivity contribution is 0.101. The van der Waals surface area contributed by atoms with E-state index in [1.807, 2.05) is 30.3 Å². The molecule has 0 radical (unpaired) electrons. The van der Waals surface area contributed by atoms with Crippen LogP contribution in [-0.4, -0.2) is 22.1 Å². The number of para-hydroxylation sites is 1. The maximum atomic E-state index is 11.3. The molecule has 4 rings (SSSR count). The zero-order valence-electron chi connectivity index (χ0n) is 15.0. The largest absolute Gasteiger partial charge is 0.395 e. The van der Waals surface area contributed by atoms with E-state index >= 15 is 0 Å². The number of aromatic nitrogens is 1. The van der Waals surface area contributed by atoms with Crippen LogP contribution in [0.15, 0.2) is 77.0 Å². The van der Waals surface area contributed by atoms with Crippen molar-refractivity contribution in [2.24, 2.45) is 10.2 Å². The zero-order chi connectivity index (χ0) is 18.8. The van der Waals surface area contributed by atoms with Crippen LogP contribution in [0.4, 0.5) is 11.4 Å². The van der Waals surface area contributed by atoms with Crippen LogP contribution in [-0.2, 0) is 6.54 Å². The van der Waals surface area contributed by atoms with E-state index < -0.39 is 0 Å². The number of carbonyl (C=O) groups excluding carboxylic acids is 1. The highest BCUT2D eigenvalue weighted by atomic mass is 16.3. The smallest absolute Gasteiger partial charge is 0.159 e. The van der Waals surface area contributed by atoms with E-state index in [2.05, 4.69) is 26.9 Å². The highest BCUT2D eigenvalue weighted by molar-refractivity contribution is 6.08. The summed E-state index contributed by atoms with van der Waals surface area (Å²) in [7, 11) is 0. The molecule has 5 heteroatoms. The van der Waals surface area contributed by atoms with Gasteiger partial charge in [-0.15, -0.1) is 0 Å². The number of nitrogens with zero attached hydrogens (tertiary/aromatic N) is 3. The molecule has 0 atom stereocenters. The van der Waals surface area contributed by atoms with Crippen LogP contribution in [0.25, 0.3) is 21.8 Å². The molecule has 0 spiro atoms. The second-order valence-electron chi connectivity index (χ2n) is 6.40. The molecule has 0 amide bonds. The first-order valence-corrected chi connectivity index (χ1v) is 8.82. The molecular formula is C22H19N3O2. The Kier molecular flexibility index (Phi) is 4.52. The fraction of sp³-hybridized carbons (Fsp3) is 0.136. The van der Waals surface area contributed by atoms with Crippen LogP contribution in [0.1, 0.15) is 17.3 Å². The molecule has 134 valence electrons. The summed E-state index contributed by atoms with van der Waals surface area (Å²) in [5, 5.41) is 20.2. The number of rotatable bonds is 5. The van der Waals surface area contributed by atoms with Gasteiger partial charge in [-0.05, 0) is 55.5 Å². The zero-order valence-corrected chi connectivity index (χ0v) is 15.0. The van der Waals surface area contributed by atoms with Gasteiger partial charge in [-0.1, -0.05) is 18.2 Å². The molecule has 0 saturated heterocycles. The molecular weight excluding hydrogens is 338 g/mol. The van der Waals surface area contributed by atoms with Gasteiger partial charge in [0.2, 0.25) is 0 Å². The SMILES string of the molecule is CC(=O)c1ccc(N=Nc2ccc3c(c2)c2ccccc2n3CCO)cc1. The number of ketones is 1. The van der Waals surface area contributed by atoms with Crippen molar-refractivity contribution in [3.05, 3.63) is 72.3 Å². The maximum Gasteiger partial charge on any atom is 0.159 e. The average molecular weight is 357 g/mol. The quantitative estimate of drug-likeness (QED) is 0.383. The first kappa shape index (κ1) is 17.1. The minimum atomic E-state index is 0.0307. The van der Waals surface area contributed by atoms with Crippen molar-refractivity contribution in [3.8, 4) is 0 Å². The molecule has 0 saturated carbocycles. The molecule has 5 nitrogen and oxygen atoms in total. The Hall–Kier alpha value is -3.31. The van der Waals surface area contributed by atoms with E-state index in [1.54, 1.807) is 31.2 Å². The van der Waals surface area contributed by atoms with Crippen molar-refractivity contribution in [3.63, 3.8) is 0 Å². The van der Waals surface area contributed by atoms with Gasteiger partial charge in [0, 0.05) is 33.9 Å². The van der Waals surface area contributed by atoms with Crippen molar-refractivity contribution >= 4 is 39.0 Å². The number of aliphatic hydroxyl groups is 1. The van der Waals surface area contributed by atoms with Crippen molar-refractivity contribution in [1.82, 2.24) is 4.57 Å². The van der Waals surface area contributed by atoms with Gasteiger partial charge < -0.3 is 9.67 Å². The Morgan fingerprint density at radius 3 is 2.30 bits per heavy atom. The van der Waals surface area contributed by atoms with Crippen LogP contribution in [0.5, 0.6) is 0 Å². The first-order chi connectivity index (χ1) is 13.2. The van der Waals surface area contributed by atoms with Crippen LogP contribution in [0.2, 0.25) is 0 Å². The number of carbonyl (C=O) groups is 1. The second-order valence-corrected chi connectivity index (χ2v) is 6.40. The first-order valence-electron chi connectivity index (χ1n) is 8.82. The summed E-state index contributed by atoms with van der Waals surface area (Å²) in [4.78, 5) is 11.3. The summed E-state index contributed by atoms with van der Waals surface area (Å²) in [6.07, 6.45) is 0. The van der Waals surface area contributed by atoms with E-state index in [-0.39, 0.29) is 12.4 Å². The Bertz CT molecular complexity index is 1160. The summed E-state index contributed by atoms with van der Waals surface area (Å²) >= 11 is 0. The molecule has 1 aromatic heterocycles. The van der Waals surface area contributed by atoms with E-state index in [0.29, 0.717) is 17.8 Å². The minimum Gasteiger partial charge on any atom is -0.395 e. The van der Waals surface area contributed by atoms with Crippen LogP contribution >= 0.6 is 0 Å². The highest BCUT2D eigenvalue weighted by Crippen LogP contribution is 2.32. The Balaban J connectivity index is 1.73. The van der Waals surface area contributed by atoms with Crippen LogP contribution in [0.3, 0.4) is 0 Å². The van der Waals surface area contributed by atoms with Crippen LogP contribution in [0, 0.1) is 0 Å². The normalized spacial score (nSPS) is 11.6.